The second-order valence-corrected chi connectivity index (χ2v) is 13.7. The molecule has 4 N–H and O–H groups in total. The smallest absolute Gasteiger partial charge is 0.368 e. The minimum Gasteiger partial charge on any atom is -0.368 e. The van der Waals surface area contributed by atoms with Gasteiger partial charge in [0, 0.05) is 38.3 Å². The van der Waals surface area contributed by atoms with E-state index in [9.17, 15) is 59.1 Å². The van der Waals surface area contributed by atoms with E-state index in [1.807, 2.05) is 0 Å². The molecule has 19 heteroatoms. The molecule has 0 radical (unpaired) electrons. The van der Waals surface area contributed by atoms with Crippen molar-refractivity contribution in [3.8, 4) is 0 Å². The van der Waals surface area contributed by atoms with Gasteiger partial charge in [0.25, 0.3) is 0 Å². The quantitative estimate of drug-likeness (QED) is 0.296. The molecule has 10 nitrogen and oxygen atoms in total. The van der Waals surface area contributed by atoms with Crippen LogP contribution in [0.3, 0.4) is 0 Å². The summed E-state index contributed by atoms with van der Waals surface area (Å²) in [5.41, 5.74) is 3.93. The number of thioether (sulfide) groups is 1. The van der Waals surface area contributed by atoms with Crippen molar-refractivity contribution in [1.82, 2.24) is 20.4 Å². The number of alkyl halides is 6. The number of carbonyl (C=O) groups is 5. The fraction of sp³-hybridized carbons (Fsp3) is 0.361. The van der Waals surface area contributed by atoms with Crippen molar-refractivity contribution in [2.75, 3.05) is 31.6 Å². The predicted molar refractivity (Wildman–Crippen MR) is 184 cm³/mol. The Morgan fingerprint density at radius 3 is 1.87 bits per heavy atom. The largest absolute Gasteiger partial charge is 0.416 e. The lowest BCUT2D eigenvalue weighted by molar-refractivity contribution is -0.142. The zero-order chi connectivity index (χ0) is 40.7. The van der Waals surface area contributed by atoms with Crippen LogP contribution >= 0.6 is 11.8 Å². The van der Waals surface area contributed by atoms with E-state index in [1.165, 1.54) is 7.05 Å². The van der Waals surface area contributed by atoms with Crippen molar-refractivity contribution >= 4 is 41.3 Å². The standard InChI is InChI=1S/C36H35F8N5O5S/c1-48-29(15-22-12-25(37)16-26(38)13-22)33(53)47-27(14-21-4-8-24(9-5-21)36(42,43)44)34(54)49(11-10-20-2-6-23(7-3-20)35(39,40)41)17-30(50)46-28(32(45)52)18-55-19-31(48)51/h2-9,12-13,16,27-29H,10-11,14-15,17-19H2,1H3,(H2,45,52)(H,46,50)(H,47,53)/t27-,28+,29-/m0/s1. The number of benzene rings is 3. The van der Waals surface area contributed by atoms with E-state index < -0.39 is 102 Å². The van der Waals surface area contributed by atoms with Crippen LogP contribution in [0.4, 0.5) is 35.1 Å². The van der Waals surface area contributed by atoms with Gasteiger partial charge in [-0.2, -0.15) is 26.3 Å². The van der Waals surface area contributed by atoms with Gasteiger partial charge in [0.2, 0.25) is 29.5 Å². The molecule has 5 amide bonds. The average Bonchev–Trinajstić information content (AvgIpc) is 3.09. The molecule has 0 bridgehead atoms. The van der Waals surface area contributed by atoms with Gasteiger partial charge in [-0.1, -0.05) is 24.3 Å². The van der Waals surface area contributed by atoms with Gasteiger partial charge in [0.1, 0.15) is 29.8 Å². The number of primary amides is 1. The summed E-state index contributed by atoms with van der Waals surface area (Å²) in [7, 11) is 1.22. The molecule has 0 saturated carbocycles. The van der Waals surface area contributed by atoms with E-state index in [4.69, 9.17) is 5.73 Å². The number of carbonyl (C=O) groups excluding carboxylic acids is 5. The minimum atomic E-state index is -4.70. The second kappa shape index (κ2) is 18.0. The van der Waals surface area contributed by atoms with Crippen LogP contribution in [0.5, 0.6) is 0 Å². The van der Waals surface area contributed by atoms with E-state index in [0.29, 0.717) is 11.6 Å². The molecule has 1 heterocycles. The maximum absolute atomic E-state index is 14.4. The third kappa shape index (κ3) is 12.1. The Kier molecular flexibility index (Phi) is 13.9. The summed E-state index contributed by atoms with van der Waals surface area (Å²) >= 11 is 0.867. The SMILES string of the molecule is CN1C(=O)CSC[C@H](C(N)=O)NC(=O)CN(CCc2ccc(C(F)(F)F)cc2)C(=O)[C@H](Cc2ccc(C(F)(F)F)cc2)NC(=O)[C@@H]1Cc1cc(F)cc(F)c1. The van der Waals surface area contributed by atoms with E-state index >= 15 is 0 Å². The van der Waals surface area contributed by atoms with E-state index in [1.54, 1.807) is 0 Å². The molecule has 0 aromatic heterocycles. The molecule has 0 unspecified atom stereocenters. The van der Waals surface area contributed by atoms with E-state index in [-0.39, 0.29) is 35.6 Å². The molecule has 3 aromatic carbocycles. The topological polar surface area (TPSA) is 142 Å². The first kappa shape index (κ1) is 42.5. The molecule has 1 fully saturated rings. The summed E-state index contributed by atoms with van der Waals surface area (Å²) < 4.78 is 108. The highest BCUT2D eigenvalue weighted by atomic mass is 32.2. The lowest BCUT2D eigenvalue weighted by atomic mass is 10.00. The van der Waals surface area contributed by atoms with Crippen LogP contribution in [0.2, 0.25) is 0 Å². The van der Waals surface area contributed by atoms with Crippen LogP contribution < -0.4 is 16.4 Å². The van der Waals surface area contributed by atoms with E-state index in [0.717, 1.165) is 82.2 Å². The summed E-state index contributed by atoms with van der Waals surface area (Å²) in [6.45, 7) is -1.10. The zero-order valence-corrected chi connectivity index (χ0v) is 29.8. The van der Waals surface area contributed by atoms with Gasteiger partial charge in [0.15, 0.2) is 0 Å². The number of rotatable bonds is 8. The number of nitrogens with two attached hydrogens (primary N) is 1. The van der Waals surface area contributed by atoms with Gasteiger partial charge in [-0.3, -0.25) is 24.0 Å². The molecule has 1 aliphatic heterocycles. The molecule has 3 atom stereocenters. The van der Waals surface area contributed by atoms with Gasteiger partial charge in [-0.05, 0) is 59.5 Å². The summed E-state index contributed by atoms with van der Waals surface area (Å²) in [4.78, 5) is 69.2. The first-order chi connectivity index (χ1) is 25.7. The van der Waals surface area contributed by atoms with Gasteiger partial charge < -0.3 is 26.2 Å². The molecule has 0 spiro atoms. The van der Waals surface area contributed by atoms with Crippen LogP contribution in [0.25, 0.3) is 0 Å². The summed E-state index contributed by atoms with van der Waals surface area (Å²) in [5.74, 6) is -7.11. The normalized spacial score (nSPS) is 19.7. The second-order valence-electron chi connectivity index (χ2n) is 12.7. The molecule has 296 valence electrons. The number of amides is 5. The van der Waals surface area contributed by atoms with Crippen molar-refractivity contribution in [2.24, 2.45) is 5.73 Å². The minimum absolute atomic E-state index is 0.0461. The van der Waals surface area contributed by atoms with Crippen molar-refractivity contribution in [3.05, 3.63) is 106 Å². The Morgan fingerprint density at radius 1 is 0.800 bits per heavy atom. The average molecular weight is 802 g/mol. The zero-order valence-electron chi connectivity index (χ0n) is 29.0. The Labute approximate surface area is 313 Å². The maximum Gasteiger partial charge on any atom is 0.416 e. The van der Waals surface area contributed by atoms with Gasteiger partial charge in [-0.25, -0.2) is 8.78 Å². The predicted octanol–water partition coefficient (Wildman–Crippen LogP) is 3.89. The summed E-state index contributed by atoms with van der Waals surface area (Å²) in [6.07, 6.45) is -10.4. The lowest BCUT2D eigenvalue weighted by Gasteiger charge is -2.31. The van der Waals surface area contributed by atoms with Crippen LogP contribution in [0, 0.1) is 11.6 Å². The maximum atomic E-state index is 14.4. The third-order valence-electron chi connectivity index (χ3n) is 8.64. The fourth-order valence-electron chi connectivity index (χ4n) is 5.65. The van der Waals surface area contributed by atoms with Crippen molar-refractivity contribution in [2.45, 2.75) is 49.7 Å². The van der Waals surface area contributed by atoms with Crippen LogP contribution in [0.1, 0.15) is 27.8 Å². The number of nitrogens with one attached hydrogen (secondary N) is 2. The highest BCUT2D eigenvalue weighted by Crippen LogP contribution is 2.30. The summed E-state index contributed by atoms with van der Waals surface area (Å²) in [6, 6.07) is 5.54. The number of nitrogens with zero attached hydrogens (tertiary/aromatic N) is 2. The number of hydrogen-bond acceptors (Lipinski definition) is 6. The molecule has 3 aromatic rings. The Hall–Kier alpha value is -5.20. The van der Waals surface area contributed by atoms with Gasteiger partial charge in [-0.15, -0.1) is 11.8 Å². The lowest BCUT2D eigenvalue weighted by Crippen LogP contribution is -2.57. The number of halogens is 8. The molecule has 55 heavy (non-hydrogen) atoms. The third-order valence-corrected chi connectivity index (χ3v) is 9.66. The first-order valence-corrected chi connectivity index (χ1v) is 17.6. The Balaban J connectivity index is 1.77. The molecule has 1 aliphatic rings. The fourth-order valence-corrected chi connectivity index (χ4v) is 6.63. The highest BCUT2D eigenvalue weighted by molar-refractivity contribution is 8.00. The Morgan fingerprint density at radius 2 is 1.35 bits per heavy atom. The molecule has 4 rings (SSSR count). The molecular weight excluding hydrogens is 766 g/mol. The summed E-state index contributed by atoms with van der Waals surface area (Å²) in [5, 5.41) is 4.89. The number of likely N-dealkylation sites (N-methyl/N-ethyl adjacent to an activating group) is 1. The van der Waals surface area contributed by atoms with Gasteiger partial charge in [0.05, 0.1) is 23.4 Å². The molecular formula is C36H35F8N5O5S. The molecule has 0 aliphatic carbocycles. The van der Waals surface area contributed by atoms with Crippen LogP contribution in [0.15, 0.2) is 66.7 Å². The highest BCUT2D eigenvalue weighted by Gasteiger charge is 2.35. The van der Waals surface area contributed by atoms with Crippen LogP contribution in [-0.4, -0.2) is 89.1 Å². The number of hydrogen-bond donors (Lipinski definition) is 3. The monoisotopic (exact) mass is 801 g/mol. The first-order valence-electron chi connectivity index (χ1n) is 16.5. The Bertz CT molecular complexity index is 1860. The van der Waals surface area contributed by atoms with E-state index in [2.05, 4.69) is 10.6 Å². The van der Waals surface area contributed by atoms with Crippen molar-refractivity contribution in [3.63, 3.8) is 0 Å². The van der Waals surface area contributed by atoms with Crippen molar-refractivity contribution in [1.29, 1.82) is 0 Å². The molecule has 1 saturated heterocycles. The van der Waals surface area contributed by atoms with Crippen LogP contribution in [-0.2, 0) is 55.6 Å². The van der Waals surface area contributed by atoms with Crippen molar-refractivity contribution < 1.29 is 59.1 Å². The van der Waals surface area contributed by atoms with Gasteiger partial charge >= 0.3 is 12.4 Å².